The highest BCUT2D eigenvalue weighted by Crippen LogP contribution is 2.20. The maximum absolute atomic E-state index is 12.9. The molecule has 0 aliphatic rings. The molecule has 1 aromatic heterocycles. The molecule has 1 N–H and O–H groups in total. The summed E-state index contributed by atoms with van der Waals surface area (Å²) in [5, 5.41) is 4.15. The molecular formula is C19H20FN3O2S. The molecular weight excluding hydrogens is 353 g/mol. The number of rotatable bonds is 6. The average molecular weight is 373 g/mol. The van der Waals surface area contributed by atoms with Gasteiger partial charge in [-0.05, 0) is 41.3 Å². The Morgan fingerprint density at radius 2 is 1.73 bits per heavy atom. The quantitative estimate of drug-likeness (QED) is 0.710. The highest BCUT2D eigenvalue weighted by Gasteiger charge is 2.15. The molecule has 2 aromatic carbocycles. The van der Waals surface area contributed by atoms with Crippen LogP contribution >= 0.6 is 0 Å². The molecule has 0 atom stereocenters. The zero-order valence-electron chi connectivity index (χ0n) is 14.6. The van der Waals surface area contributed by atoms with Crippen molar-refractivity contribution in [3.63, 3.8) is 0 Å². The second kappa shape index (κ2) is 7.29. The van der Waals surface area contributed by atoms with Crippen molar-refractivity contribution in [3.8, 4) is 0 Å². The fourth-order valence-electron chi connectivity index (χ4n) is 2.53. The molecule has 5 nitrogen and oxygen atoms in total. The van der Waals surface area contributed by atoms with Gasteiger partial charge >= 0.3 is 0 Å². The van der Waals surface area contributed by atoms with E-state index in [1.807, 2.05) is 12.1 Å². The lowest BCUT2D eigenvalue weighted by Crippen LogP contribution is -2.12. The summed E-state index contributed by atoms with van der Waals surface area (Å²) < 4.78 is 42.1. The summed E-state index contributed by atoms with van der Waals surface area (Å²) in [6.07, 6.45) is 3.05. The van der Waals surface area contributed by atoms with Gasteiger partial charge in [-0.3, -0.25) is 9.40 Å². The number of hydrogen-bond donors (Lipinski definition) is 1. The summed E-state index contributed by atoms with van der Waals surface area (Å²) in [4.78, 5) is 0.202. The Morgan fingerprint density at radius 3 is 2.35 bits per heavy atom. The monoisotopic (exact) mass is 373 g/mol. The van der Waals surface area contributed by atoms with Crippen LogP contribution in [0.15, 0.2) is 65.8 Å². The minimum absolute atomic E-state index is 0.202. The van der Waals surface area contributed by atoms with E-state index in [1.54, 1.807) is 35.1 Å². The maximum atomic E-state index is 12.9. The second-order valence-corrected chi connectivity index (χ2v) is 8.06. The van der Waals surface area contributed by atoms with E-state index in [2.05, 4.69) is 23.7 Å². The van der Waals surface area contributed by atoms with Gasteiger partial charge in [0.2, 0.25) is 0 Å². The van der Waals surface area contributed by atoms with Crippen molar-refractivity contribution in [2.24, 2.45) is 0 Å². The van der Waals surface area contributed by atoms with E-state index < -0.39 is 10.0 Å². The van der Waals surface area contributed by atoms with Crippen molar-refractivity contribution < 1.29 is 12.8 Å². The zero-order valence-corrected chi connectivity index (χ0v) is 15.4. The molecule has 0 aliphatic carbocycles. The molecule has 0 saturated heterocycles. The predicted octanol–water partition coefficient (Wildman–Crippen LogP) is 3.99. The minimum Gasteiger partial charge on any atom is -0.276 e. The molecule has 0 bridgehead atoms. The van der Waals surface area contributed by atoms with E-state index in [1.165, 1.54) is 18.3 Å². The first-order valence-electron chi connectivity index (χ1n) is 8.23. The Bertz CT molecular complexity index is 978. The number of halogens is 1. The van der Waals surface area contributed by atoms with Gasteiger partial charge in [0.15, 0.2) is 0 Å². The highest BCUT2D eigenvalue weighted by atomic mass is 32.2. The topological polar surface area (TPSA) is 64.0 Å². The third-order valence-electron chi connectivity index (χ3n) is 4.00. The smallest absolute Gasteiger partial charge is 0.261 e. The van der Waals surface area contributed by atoms with Gasteiger partial charge in [0, 0.05) is 6.20 Å². The van der Waals surface area contributed by atoms with Gasteiger partial charge in [-0.15, -0.1) is 0 Å². The standard InChI is InChI=1S/C19H20FN3O2S/c1-14(2)16-5-9-19(10-6-16)26(24,25)22-18-11-21-23(13-18)12-15-3-7-17(20)8-4-15/h3-11,13-14,22H,12H2,1-2H3. The zero-order chi connectivity index (χ0) is 18.7. The normalized spacial score (nSPS) is 11.7. The number of benzene rings is 2. The number of nitrogens with one attached hydrogen (secondary N) is 1. The Morgan fingerprint density at radius 1 is 1.08 bits per heavy atom. The third kappa shape index (κ3) is 4.29. The van der Waals surface area contributed by atoms with Gasteiger partial charge in [0.1, 0.15) is 5.82 Å². The van der Waals surface area contributed by atoms with E-state index in [9.17, 15) is 12.8 Å². The van der Waals surface area contributed by atoms with Gasteiger partial charge in [0.25, 0.3) is 10.0 Å². The molecule has 0 aliphatic heterocycles. The number of nitrogens with zero attached hydrogens (tertiary/aromatic N) is 2. The summed E-state index contributed by atoms with van der Waals surface area (Å²) in [6.45, 7) is 4.53. The minimum atomic E-state index is -3.67. The van der Waals surface area contributed by atoms with Gasteiger partial charge in [-0.1, -0.05) is 38.1 Å². The highest BCUT2D eigenvalue weighted by molar-refractivity contribution is 7.92. The molecule has 0 fully saturated rings. The fraction of sp³-hybridized carbons (Fsp3) is 0.211. The lowest BCUT2D eigenvalue weighted by molar-refractivity contribution is 0.601. The van der Waals surface area contributed by atoms with E-state index in [0.717, 1.165) is 11.1 Å². The first kappa shape index (κ1) is 18.1. The van der Waals surface area contributed by atoms with Crippen LogP contribution in [0.25, 0.3) is 0 Å². The first-order chi connectivity index (χ1) is 12.3. The van der Waals surface area contributed by atoms with Crippen LogP contribution < -0.4 is 4.72 Å². The first-order valence-corrected chi connectivity index (χ1v) is 9.71. The van der Waals surface area contributed by atoms with E-state index in [0.29, 0.717) is 18.2 Å². The van der Waals surface area contributed by atoms with Crippen molar-refractivity contribution >= 4 is 15.7 Å². The van der Waals surface area contributed by atoms with Crippen LogP contribution in [0.5, 0.6) is 0 Å². The average Bonchev–Trinajstić information content (AvgIpc) is 3.03. The van der Waals surface area contributed by atoms with Gasteiger partial charge in [-0.25, -0.2) is 12.8 Å². The van der Waals surface area contributed by atoms with Crippen LogP contribution in [0, 0.1) is 5.82 Å². The Hall–Kier alpha value is -2.67. The fourth-order valence-corrected chi connectivity index (χ4v) is 3.55. The third-order valence-corrected chi connectivity index (χ3v) is 5.40. The van der Waals surface area contributed by atoms with E-state index >= 15 is 0 Å². The Kier molecular flexibility index (Phi) is 5.08. The molecule has 0 amide bonds. The SMILES string of the molecule is CC(C)c1ccc(S(=O)(=O)Nc2cnn(Cc3ccc(F)cc3)c2)cc1. The van der Waals surface area contributed by atoms with Crippen LogP contribution in [0.4, 0.5) is 10.1 Å². The lowest BCUT2D eigenvalue weighted by Gasteiger charge is -2.08. The number of hydrogen-bond acceptors (Lipinski definition) is 3. The summed E-state index contributed by atoms with van der Waals surface area (Å²) in [5.41, 5.74) is 2.32. The molecule has 136 valence electrons. The molecule has 7 heteroatoms. The molecule has 3 rings (SSSR count). The van der Waals surface area contributed by atoms with Crippen LogP contribution in [0.1, 0.15) is 30.9 Å². The molecule has 0 radical (unpaired) electrons. The molecule has 3 aromatic rings. The largest absolute Gasteiger partial charge is 0.276 e. The maximum Gasteiger partial charge on any atom is 0.261 e. The van der Waals surface area contributed by atoms with Gasteiger partial charge in [0.05, 0.1) is 23.3 Å². The number of anilines is 1. The molecule has 26 heavy (non-hydrogen) atoms. The Balaban J connectivity index is 1.72. The van der Waals surface area contributed by atoms with E-state index in [-0.39, 0.29) is 10.7 Å². The lowest BCUT2D eigenvalue weighted by atomic mass is 10.0. The summed E-state index contributed by atoms with van der Waals surface area (Å²) in [6, 6.07) is 12.9. The van der Waals surface area contributed by atoms with Crippen molar-refractivity contribution in [3.05, 3.63) is 77.9 Å². The van der Waals surface area contributed by atoms with Crippen LogP contribution in [-0.2, 0) is 16.6 Å². The van der Waals surface area contributed by atoms with Crippen LogP contribution in [-0.4, -0.2) is 18.2 Å². The van der Waals surface area contributed by atoms with Crippen molar-refractivity contribution in [2.45, 2.75) is 31.2 Å². The Labute approximate surface area is 152 Å². The number of aromatic nitrogens is 2. The number of sulfonamides is 1. The van der Waals surface area contributed by atoms with Crippen molar-refractivity contribution in [1.82, 2.24) is 9.78 Å². The molecule has 0 spiro atoms. The van der Waals surface area contributed by atoms with Crippen molar-refractivity contribution in [1.29, 1.82) is 0 Å². The van der Waals surface area contributed by atoms with E-state index in [4.69, 9.17) is 0 Å². The molecule has 0 unspecified atom stereocenters. The van der Waals surface area contributed by atoms with Crippen LogP contribution in [0.3, 0.4) is 0 Å². The van der Waals surface area contributed by atoms with Crippen LogP contribution in [0.2, 0.25) is 0 Å². The summed E-state index contributed by atoms with van der Waals surface area (Å²) >= 11 is 0. The molecule has 1 heterocycles. The van der Waals surface area contributed by atoms with Crippen molar-refractivity contribution in [2.75, 3.05) is 4.72 Å². The summed E-state index contributed by atoms with van der Waals surface area (Å²) in [5.74, 6) is 0.0376. The summed E-state index contributed by atoms with van der Waals surface area (Å²) in [7, 11) is -3.67. The molecule has 0 saturated carbocycles. The van der Waals surface area contributed by atoms with Gasteiger partial charge in [-0.2, -0.15) is 5.10 Å². The predicted molar refractivity (Wildman–Crippen MR) is 99.1 cm³/mol. The van der Waals surface area contributed by atoms with Gasteiger partial charge < -0.3 is 0 Å². The second-order valence-electron chi connectivity index (χ2n) is 6.38.